The monoisotopic (exact) mass is 564 g/mol. The Bertz CT molecular complexity index is 1270. The van der Waals surface area contributed by atoms with E-state index in [4.69, 9.17) is 4.74 Å². The summed E-state index contributed by atoms with van der Waals surface area (Å²) < 4.78 is 5.45. The van der Waals surface area contributed by atoms with Crippen molar-refractivity contribution < 1.29 is 23.9 Å². The number of fused-ring (bicyclic) bond motifs is 3. The molecule has 1 aromatic rings. The molecule has 2 bridgehead atoms. The molecule has 7 atom stereocenters. The average Bonchev–Trinajstić information content (AvgIpc) is 3.23. The molecule has 4 aliphatic rings. The maximum Gasteiger partial charge on any atom is 0.408 e. The van der Waals surface area contributed by atoms with Crippen molar-refractivity contribution in [1.29, 1.82) is 5.26 Å². The lowest BCUT2D eigenvalue weighted by Crippen LogP contribution is -2.59. The number of piperidine rings is 1. The van der Waals surface area contributed by atoms with Crippen LogP contribution in [0.25, 0.3) is 0 Å². The number of nitrogens with one attached hydrogen (secondary N) is 1. The first-order valence-corrected chi connectivity index (χ1v) is 14.4. The number of ether oxygens (including phenoxy) is 1. The Hall–Kier alpha value is -3.65. The van der Waals surface area contributed by atoms with Gasteiger partial charge in [-0.3, -0.25) is 19.3 Å². The summed E-state index contributed by atoms with van der Waals surface area (Å²) >= 11 is 0. The molecular weight excluding hydrogens is 524 g/mol. The molecule has 1 aliphatic carbocycles. The van der Waals surface area contributed by atoms with Gasteiger partial charge in [-0.1, -0.05) is 12.1 Å². The van der Waals surface area contributed by atoms with Crippen LogP contribution in [0.4, 0.5) is 4.79 Å². The van der Waals surface area contributed by atoms with Crippen LogP contribution in [-0.4, -0.2) is 106 Å². The van der Waals surface area contributed by atoms with Gasteiger partial charge in [-0.05, 0) is 70.6 Å². The van der Waals surface area contributed by atoms with Crippen molar-refractivity contribution in [1.82, 2.24) is 24.9 Å². The SMILES string of the molecule is C[C@H](c1ccc(C(=O)N(C)C)cc1)N1C(=O)[C@@H]2C[C@H]1CN2C[C@H](NC(=O)OC(C)(C)C)C(=O)N1[C@H](C#N)C[C@@H]2C[C@@H]21. The molecule has 0 aromatic heterocycles. The molecule has 1 saturated carbocycles. The standard InChI is InChI=1S/C30H40N6O5/c1-17(18-7-9-19(10-8-18)26(37)33(5)6)35-22-13-25(28(35)39)34(15-22)16-23(32-29(40)41-30(2,3)4)27(38)36-21(14-31)11-20-12-24(20)36/h7-10,17,20-25H,11-13,15-16H2,1-6H3,(H,32,40)/t17-,20-,21+,22+,23+,24+,25+/m1/s1. The number of hydrogen-bond acceptors (Lipinski definition) is 7. The quantitative estimate of drug-likeness (QED) is 0.538. The Morgan fingerprint density at radius 3 is 2.41 bits per heavy atom. The fourth-order valence-corrected chi connectivity index (χ4v) is 6.66. The number of carbonyl (C=O) groups excluding carboxylic acids is 4. The first kappa shape index (κ1) is 28.9. The molecular formula is C30H40N6O5. The number of rotatable bonds is 7. The zero-order valence-corrected chi connectivity index (χ0v) is 24.7. The molecule has 3 saturated heterocycles. The Balaban J connectivity index is 1.28. The van der Waals surface area contributed by atoms with Crippen molar-refractivity contribution in [3.63, 3.8) is 0 Å². The van der Waals surface area contributed by atoms with E-state index in [-0.39, 0.29) is 42.4 Å². The second kappa shape index (κ2) is 10.6. The van der Waals surface area contributed by atoms with Crippen LogP contribution in [0.2, 0.25) is 0 Å². The molecule has 4 amide bonds. The number of piperazine rings is 1. The highest BCUT2D eigenvalue weighted by Crippen LogP contribution is 2.48. The molecule has 5 rings (SSSR count). The van der Waals surface area contributed by atoms with E-state index in [9.17, 15) is 24.4 Å². The van der Waals surface area contributed by atoms with Crippen LogP contribution < -0.4 is 5.32 Å². The van der Waals surface area contributed by atoms with Gasteiger partial charge in [0.05, 0.1) is 18.2 Å². The second-order valence-electron chi connectivity index (χ2n) is 13.0. The molecule has 41 heavy (non-hydrogen) atoms. The smallest absolute Gasteiger partial charge is 0.408 e. The minimum absolute atomic E-state index is 0.0102. The predicted molar refractivity (Wildman–Crippen MR) is 149 cm³/mol. The molecule has 11 heteroatoms. The Kier molecular flexibility index (Phi) is 7.49. The molecule has 4 fully saturated rings. The third-order valence-corrected chi connectivity index (χ3v) is 8.69. The van der Waals surface area contributed by atoms with Gasteiger partial charge in [-0.25, -0.2) is 4.79 Å². The molecule has 3 heterocycles. The van der Waals surface area contributed by atoms with Crippen LogP contribution >= 0.6 is 0 Å². The number of hydrogen-bond donors (Lipinski definition) is 1. The number of likely N-dealkylation sites (tertiary alicyclic amines) is 3. The van der Waals surface area contributed by atoms with Gasteiger partial charge >= 0.3 is 6.09 Å². The summed E-state index contributed by atoms with van der Waals surface area (Å²) in [5, 5.41) is 12.4. The largest absolute Gasteiger partial charge is 0.444 e. The van der Waals surface area contributed by atoms with E-state index in [0.717, 1.165) is 12.0 Å². The van der Waals surface area contributed by atoms with E-state index in [2.05, 4.69) is 11.4 Å². The van der Waals surface area contributed by atoms with Crippen LogP contribution in [-0.2, 0) is 14.3 Å². The van der Waals surface area contributed by atoms with Crippen molar-refractivity contribution in [2.24, 2.45) is 5.92 Å². The second-order valence-corrected chi connectivity index (χ2v) is 13.0. The molecule has 220 valence electrons. The van der Waals surface area contributed by atoms with Gasteiger partial charge < -0.3 is 24.8 Å². The van der Waals surface area contributed by atoms with Crippen molar-refractivity contribution in [2.45, 2.75) is 88.8 Å². The molecule has 3 aliphatic heterocycles. The lowest BCUT2D eigenvalue weighted by Gasteiger charge is -2.39. The van der Waals surface area contributed by atoms with Gasteiger partial charge in [-0.15, -0.1) is 0 Å². The van der Waals surface area contributed by atoms with Gasteiger partial charge in [-0.2, -0.15) is 5.26 Å². The van der Waals surface area contributed by atoms with Crippen LogP contribution in [0.1, 0.15) is 68.9 Å². The van der Waals surface area contributed by atoms with E-state index in [1.54, 1.807) is 51.9 Å². The summed E-state index contributed by atoms with van der Waals surface area (Å²) in [7, 11) is 3.42. The predicted octanol–water partition coefficient (Wildman–Crippen LogP) is 2.14. The number of alkyl carbamates (subject to hydrolysis) is 1. The van der Waals surface area contributed by atoms with Crippen LogP contribution in [0.3, 0.4) is 0 Å². The normalized spacial score (nSPS) is 28.1. The van der Waals surface area contributed by atoms with Gasteiger partial charge in [0.1, 0.15) is 17.7 Å². The first-order valence-electron chi connectivity index (χ1n) is 14.4. The van der Waals surface area contributed by atoms with E-state index >= 15 is 0 Å². The lowest BCUT2D eigenvalue weighted by molar-refractivity contribution is -0.141. The van der Waals surface area contributed by atoms with E-state index in [0.29, 0.717) is 30.9 Å². The Labute approximate surface area is 241 Å². The summed E-state index contributed by atoms with van der Waals surface area (Å²) in [4.78, 5) is 59.4. The van der Waals surface area contributed by atoms with Crippen molar-refractivity contribution >= 4 is 23.8 Å². The van der Waals surface area contributed by atoms with Crippen LogP contribution in [0, 0.1) is 17.2 Å². The molecule has 11 nitrogen and oxygen atoms in total. The maximum atomic E-state index is 13.8. The zero-order chi connectivity index (χ0) is 29.8. The van der Waals surface area contributed by atoms with Crippen molar-refractivity contribution in [3.8, 4) is 6.07 Å². The van der Waals surface area contributed by atoms with Crippen LogP contribution in [0.5, 0.6) is 0 Å². The van der Waals surface area contributed by atoms with E-state index < -0.39 is 29.8 Å². The Morgan fingerprint density at radius 1 is 1.15 bits per heavy atom. The number of carbonyl (C=O) groups is 4. The highest BCUT2D eigenvalue weighted by molar-refractivity contribution is 5.94. The summed E-state index contributed by atoms with van der Waals surface area (Å²) in [5.74, 6) is -0.0306. The molecule has 0 radical (unpaired) electrons. The molecule has 0 unspecified atom stereocenters. The third kappa shape index (κ3) is 5.62. The fourth-order valence-electron chi connectivity index (χ4n) is 6.66. The van der Waals surface area contributed by atoms with Gasteiger partial charge in [0.25, 0.3) is 5.91 Å². The first-order chi connectivity index (χ1) is 19.3. The summed E-state index contributed by atoms with van der Waals surface area (Å²) in [6.45, 7) is 8.00. The topological polar surface area (TPSA) is 126 Å². The molecule has 1 N–H and O–H groups in total. The van der Waals surface area contributed by atoms with Crippen molar-refractivity contribution in [2.75, 3.05) is 27.2 Å². The van der Waals surface area contributed by atoms with Gasteiger partial charge in [0, 0.05) is 44.8 Å². The summed E-state index contributed by atoms with van der Waals surface area (Å²) in [5.41, 5.74) is 0.802. The van der Waals surface area contributed by atoms with Crippen LogP contribution in [0.15, 0.2) is 24.3 Å². The maximum absolute atomic E-state index is 13.8. The number of nitrogens with zero attached hydrogens (tertiary/aromatic N) is 5. The highest BCUT2D eigenvalue weighted by Gasteiger charge is 2.56. The third-order valence-electron chi connectivity index (χ3n) is 8.69. The highest BCUT2D eigenvalue weighted by atomic mass is 16.6. The van der Waals surface area contributed by atoms with Gasteiger partial charge in [0.2, 0.25) is 11.8 Å². The molecule has 1 aromatic carbocycles. The van der Waals surface area contributed by atoms with E-state index in [1.807, 2.05) is 28.9 Å². The van der Waals surface area contributed by atoms with Crippen molar-refractivity contribution in [3.05, 3.63) is 35.4 Å². The minimum Gasteiger partial charge on any atom is -0.444 e. The number of nitriles is 1. The summed E-state index contributed by atoms with van der Waals surface area (Å²) in [6, 6.07) is 7.62. The fraction of sp³-hybridized carbons (Fsp3) is 0.633. The zero-order valence-electron chi connectivity index (χ0n) is 24.7. The number of benzene rings is 1. The lowest BCUT2D eigenvalue weighted by atomic mass is 10.0. The minimum atomic E-state index is -0.931. The summed E-state index contributed by atoms with van der Waals surface area (Å²) in [6.07, 6.45) is 1.49. The van der Waals surface area contributed by atoms with E-state index in [1.165, 1.54) is 4.90 Å². The Morgan fingerprint density at radius 2 is 1.83 bits per heavy atom. The number of amides is 4. The molecule has 0 spiro atoms. The average molecular weight is 565 g/mol. The van der Waals surface area contributed by atoms with Gasteiger partial charge in [0.15, 0.2) is 0 Å².